The summed E-state index contributed by atoms with van der Waals surface area (Å²) in [5.74, 6) is -0.0492. The lowest BCUT2D eigenvalue weighted by Crippen LogP contribution is -2.37. The number of alkyl halides is 12. The lowest BCUT2D eigenvalue weighted by Gasteiger charge is -2.26. The van der Waals surface area contributed by atoms with E-state index >= 15 is 0 Å². The first-order chi connectivity index (χ1) is 66.8. The Kier molecular flexibility index (Phi) is 43.4. The van der Waals surface area contributed by atoms with Crippen LogP contribution in [0.2, 0.25) is 0 Å². The summed E-state index contributed by atoms with van der Waals surface area (Å²) >= 11 is 0. The van der Waals surface area contributed by atoms with Crippen LogP contribution in [-0.4, -0.2) is 161 Å². The third kappa shape index (κ3) is 35.2. The first-order valence-electron chi connectivity index (χ1n) is 48.0. The molecule has 7 aliphatic rings. The molecule has 0 spiro atoms. The van der Waals surface area contributed by atoms with Crippen LogP contribution < -0.4 is 71.0 Å². The molecule has 8 aromatic rings. The highest BCUT2D eigenvalue weighted by atomic mass is 19.4. The smallest absolute Gasteiger partial charge is 0.471 e. The molecule has 7 amide bonds. The number of fused-ring (bicyclic) bond motifs is 7. The zero-order chi connectivity index (χ0) is 102. The molecule has 0 heterocycles. The van der Waals surface area contributed by atoms with Crippen molar-refractivity contribution >= 4 is 47.0 Å². The minimum Gasteiger partial charge on any atom is -0.497 e. The topological polar surface area (TPSA) is 271 Å². The van der Waals surface area contributed by atoms with E-state index in [1.165, 1.54) is 99.0 Å². The van der Waals surface area contributed by atoms with Gasteiger partial charge < -0.3 is 71.0 Å². The fraction of sp³-hybridized carbons (Fsp3) is 0.486. The molecule has 140 heavy (non-hydrogen) atoms. The number of aryl methyl sites for hydroxylation is 7. The predicted octanol–water partition coefficient (Wildman–Crippen LogP) is 20.4. The molecule has 0 radical (unpaired) electrons. The Labute approximate surface area is 812 Å². The molecule has 0 saturated carbocycles. The molecule has 15 rings (SSSR count). The maximum Gasteiger partial charge on any atom is 0.471 e. The van der Waals surface area contributed by atoms with E-state index in [4.69, 9.17) is 28.4 Å². The van der Waals surface area contributed by atoms with Crippen molar-refractivity contribution in [3.05, 3.63) is 241 Å². The number of carbonyl (C=O) groups is 7. The van der Waals surface area contributed by atoms with E-state index < -0.39 is 48.3 Å². The summed E-state index contributed by atoms with van der Waals surface area (Å²) < 4.78 is 178. The normalized spacial score (nSPS) is 17.4. The summed E-state index contributed by atoms with van der Waals surface area (Å²) in [5, 5.41) is 19.5. The Hall–Kier alpha value is -12.2. The summed E-state index contributed by atoms with van der Waals surface area (Å²) in [5.41, 5.74) is 20.3. The molecule has 0 fully saturated rings. The van der Waals surface area contributed by atoms with Crippen LogP contribution in [-0.2, 0) is 84.9 Å². The van der Waals surface area contributed by atoms with Crippen molar-refractivity contribution in [3.8, 4) is 34.5 Å². The molecule has 3 unspecified atom stereocenters. The number of carbonyl (C=O) groups excluding carboxylic acids is 7. The monoisotopic (exact) mass is 1960 g/mol. The molecule has 762 valence electrons. The van der Waals surface area contributed by atoms with Gasteiger partial charge in [-0.05, 0) is 358 Å². The van der Waals surface area contributed by atoms with Gasteiger partial charge in [0.05, 0.1) is 41.7 Å². The maximum atomic E-state index is 12.3. The quantitative estimate of drug-likeness (QED) is 0.0182. The van der Waals surface area contributed by atoms with Crippen LogP contribution in [0.5, 0.6) is 34.5 Å². The number of hydrogen-bond donors (Lipinski definition) is 8. The second-order valence-electron chi connectivity index (χ2n) is 35.6. The highest BCUT2D eigenvalue weighted by molar-refractivity contribution is 5.83. The lowest BCUT2D eigenvalue weighted by molar-refractivity contribution is -0.173. The molecule has 7 atom stereocenters. The Morgan fingerprint density at radius 3 is 0.807 bits per heavy atom. The van der Waals surface area contributed by atoms with Gasteiger partial charge in [-0.25, -0.2) is 0 Å². The number of ether oxygens (including phenoxy) is 6. The van der Waals surface area contributed by atoms with Crippen LogP contribution in [0.25, 0.3) is 0 Å². The molecule has 0 aromatic heterocycles. The Bertz CT molecular complexity index is 5190. The van der Waals surface area contributed by atoms with Gasteiger partial charge in [-0.15, -0.1) is 0 Å². The van der Waals surface area contributed by atoms with E-state index in [2.05, 4.69) is 75.9 Å². The van der Waals surface area contributed by atoms with Gasteiger partial charge in [0.25, 0.3) is 0 Å². The van der Waals surface area contributed by atoms with Gasteiger partial charge in [-0.3, -0.25) is 33.6 Å². The number of anilines is 1. The maximum absolute atomic E-state index is 12.3. The first-order valence-corrected chi connectivity index (χ1v) is 48.0. The average molecular weight is 1970 g/mol. The largest absolute Gasteiger partial charge is 0.497 e. The average Bonchev–Trinajstić information content (AvgIpc) is 1.80. The van der Waals surface area contributed by atoms with E-state index in [9.17, 15) is 86.2 Å². The van der Waals surface area contributed by atoms with Crippen LogP contribution >= 0.6 is 0 Å². The molecule has 21 nitrogen and oxygen atoms in total. The molecular weight excluding hydrogens is 1830 g/mol. The van der Waals surface area contributed by atoms with Gasteiger partial charge in [0, 0.05) is 85.7 Å². The molecule has 8 N–H and O–H groups in total. The molecular formula is C107H132F12N8O13. The van der Waals surface area contributed by atoms with E-state index in [0.29, 0.717) is 56.7 Å². The highest BCUT2D eigenvalue weighted by Crippen LogP contribution is 2.44. The number of nitrogens with one attached hydrogen (secondary N) is 8. The van der Waals surface area contributed by atoms with Crippen molar-refractivity contribution in [1.29, 1.82) is 0 Å². The number of benzene rings is 8. The standard InChI is InChI=1S/C21H22F3NO2.C15H18F3NO2.C15H22N2O.2C14H16F3NO2.2C14H19NO2/c22-21(23,24)20(26)25-12-10-17-7-6-16-8-9-18(14-19(16)17)27-13-11-15-4-2-1-3-5-15;1-2-21-12-6-5-10-3-4-11(13(10)9-12)7-8-19-14(20)15(16,17)18;1-11(18)17-9-8-13-5-3-4-12-6-7-14(16-2)10-15(12)13;2*1-20-11-5-4-9-2-3-10(12(9)8-11)6-7-18-13(19)14(15,16)17;2*1-10(16)15-8-7-12-4-3-11-5-6-13(17-2)9-14(11)12/h1-5,8-9,14,17H,6-7,10-13H2,(H,25,26);5-6,9,11H,2-4,7-8H2,1H3,(H,19,20);6-7,10,13,16H,3-5,8-9H2,1-2H3,(H,17,18);2*4-5,8,10H,2-3,6-7H2,1H3,(H,18,19);2*5-6,9,12H,3-4,7-8H2,1-2H3,(H,15,16)/t;;;2*10-;2*12-/m...1010/s1. The van der Waals surface area contributed by atoms with Crippen molar-refractivity contribution < 1.29 is 115 Å². The van der Waals surface area contributed by atoms with Crippen LogP contribution in [0.15, 0.2) is 158 Å². The Morgan fingerprint density at radius 1 is 0.300 bits per heavy atom. The summed E-state index contributed by atoms with van der Waals surface area (Å²) in [7, 11) is 8.51. The molecule has 8 aromatic carbocycles. The van der Waals surface area contributed by atoms with Gasteiger partial charge in [0.15, 0.2) is 0 Å². The number of rotatable bonds is 32. The Morgan fingerprint density at radius 2 is 0.543 bits per heavy atom. The first kappa shape index (κ1) is 111. The van der Waals surface area contributed by atoms with Crippen LogP contribution in [0, 0.1) is 0 Å². The molecule has 0 saturated heterocycles. The molecule has 33 heteroatoms. The second kappa shape index (κ2) is 54.6. The summed E-state index contributed by atoms with van der Waals surface area (Å²) in [6, 6.07) is 52.8. The van der Waals surface area contributed by atoms with Crippen molar-refractivity contribution in [3.63, 3.8) is 0 Å². The van der Waals surface area contributed by atoms with E-state index in [-0.39, 0.29) is 67.6 Å². The summed E-state index contributed by atoms with van der Waals surface area (Å²) in [6.07, 6.45) is 2.17. The van der Waals surface area contributed by atoms with Crippen molar-refractivity contribution in [2.24, 2.45) is 0 Å². The highest BCUT2D eigenvalue weighted by Gasteiger charge is 2.42. The fourth-order valence-electron chi connectivity index (χ4n) is 19.0. The van der Waals surface area contributed by atoms with Crippen molar-refractivity contribution in [2.75, 3.05) is 99.8 Å². The summed E-state index contributed by atoms with van der Waals surface area (Å²) in [4.78, 5) is 75.7. The zero-order valence-electron chi connectivity index (χ0n) is 81.0. The molecule has 0 bridgehead atoms. The van der Waals surface area contributed by atoms with Gasteiger partial charge in [0.1, 0.15) is 34.5 Å². The lowest BCUT2D eigenvalue weighted by atomic mass is 9.81. The van der Waals surface area contributed by atoms with Gasteiger partial charge in [0.2, 0.25) is 17.7 Å². The molecule has 0 aliphatic heterocycles. The van der Waals surface area contributed by atoms with Crippen molar-refractivity contribution in [2.45, 2.75) is 242 Å². The minimum atomic E-state index is -4.83. The summed E-state index contributed by atoms with van der Waals surface area (Å²) in [6.45, 7) is 10.1. The van der Waals surface area contributed by atoms with E-state index in [0.717, 1.165) is 166 Å². The van der Waals surface area contributed by atoms with Gasteiger partial charge >= 0.3 is 48.3 Å². The number of amides is 7. The number of methoxy groups -OCH3 is 4. The second-order valence-corrected chi connectivity index (χ2v) is 35.6. The van der Waals surface area contributed by atoms with E-state index in [1.54, 1.807) is 49.2 Å². The van der Waals surface area contributed by atoms with Crippen LogP contribution in [0.4, 0.5) is 58.4 Å². The number of hydrogen-bond acceptors (Lipinski definition) is 14. The molecule has 7 aliphatic carbocycles. The Balaban J connectivity index is 0.000000184. The predicted molar refractivity (Wildman–Crippen MR) is 514 cm³/mol. The SMILES string of the molecule is CCOc1ccc2c(c1)C(CCNC(=O)C(F)(F)F)CC2.CNc1ccc2c(c1)C(CCNC(C)=O)CCC2.COc1ccc2c(c1)[C@@H](CCNC(=O)C(F)(F)F)CC2.COc1ccc2c(c1)[C@@H](CCNC(C)=O)CC2.COc1ccc2c(c1)[C@H](CCNC(=O)C(F)(F)F)CC2.COc1ccc2c(c1)[C@H](CCNC(C)=O)CC2.O=C(NCCC1CCc2ccc(OCCc3ccccc3)cc21)C(F)(F)F. The van der Waals surface area contributed by atoms with Crippen molar-refractivity contribution in [1.82, 2.24) is 37.2 Å². The van der Waals surface area contributed by atoms with Gasteiger partial charge in [-0.2, -0.15) is 52.7 Å². The third-order valence-corrected chi connectivity index (χ3v) is 26.3. The van der Waals surface area contributed by atoms with E-state index in [1.807, 2.05) is 138 Å². The fourth-order valence-corrected chi connectivity index (χ4v) is 19.0. The zero-order valence-corrected chi connectivity index (χ0v) is 81.0. The van der Waals surface area contributed by atoms with Crippen LogP contribution in [0.3, 0.4) is 0 Å². The van der Waals surface area contributed by atoms with Crippen LogP contribution in [0.1, 0.15) is 249 Å². The number of halogens is 12. The third-order valence-electron chi connectivity index (χ3n) is 26.3. The van der Waals surface area contributed by atoms with Gasteiger partial charge in [-0.1, -0.05) is 72.8 Å². The minimum absolute atomic E-state index is 0.0154.